The third-order valence-electron chi connectivity index (χ3n) is 4.66. The number of aromatic nitrogens is 3. The van der Waals surface area contributed by atoms with Gasteiger partial charge in [-0.15, -0.1) is 0 Å². The number of aryl methyl sites for hydroxylation is 1. The van der Waals surface area contributed by atoms with E-state index in [2.05, 4.69) is 14.5 Å². The lowest BCUT2D eigenvalue weighted by atomic mass is 9.93. The third kappa shape index (κ3) is 2.51. The van der Waals surface area contributed by atoms with E-state index in [1.54, 1.807) is 0 Å². The maximum atomic E-state index is 14.0. The molecule has 23 heavy (non-hydrogen) atoms. The van der Waals surface area contributed by atoms with Crippen molar-refractivity contribution in [3.63, 3.8) is 0 Å². The molecule has 2 unspecified atom stereocenters. The largest absolute Gasteiger partial charge is 0.379 e. The van der Waals surface area contributed by atoms with Gasteiger partial charge in [0.05, 0.1) is 24.8 Å². The van der Waals surface area contributed by atoms with Crippen molar-refractivity contribution in [1.82, 2.24) is 14.5 Å². The Morgan fingerprint density at radius 1 is 1.17 bits per heavy atom. The summed E-state index contributed by atoms with van der Waals surface area (Å²) in [5.74, 6) is 0.0929. The van der Waals surface area contributed by atoms with Gasteiger partial charge in [-0.05, 0) is 36.6 Å². The summed E-state index contributed by atoms with van der Waals surface area (Å²) in [5, 5.41) is 0.676. The molecule has 1 fully saturated rings. The molecule has 1 aliphatic heterocycles. The van der Waals surface area contributed by atoms with E-state index >= 15 is 0 Å². The Labute approximate surface area is 133 Å². The molecule has 4 nitrogen and oxygen atoms in total. The Kier molecular flexibility index (Phi) is 3.58. The van der Waals surface area contributed by atoms with Crippen LogP contribution < -0.4 is 0 Å². The number of hydrogen-bond donors (Lipinski definition) is 0. The molecule has 4 rings (SSSR count). The molecular formula is C18H18FN3O. The molecule has 3 aromatic rings. The maximum absolute atomic E-state index is 14.0. The van der Waals surface area contributed by atoms with Crippen molar-refractivity contribution >= 4 is 10.9 Å². The molecule has 2 atom stereocenters. The first-order chi connectivity index (χ1) is 11.2. The molecular weight excluding hydrogens is 293 g/mol. The lowest BCUT2D eigenvalue weighted by molar-refractivity contribution is 0.0449. The summed E-state index contributed by atoms with van der Waals surface area (Å²) in [7, 11) is 0. The minimum atomic E-state index is -0.172. The van der Waals surface area contributed by atoms with Crippen molar-refractivity contribution in [2.75, 3.05) is 13.2 Å². The molecule has 0 saturated carbocycles. The predicted molar refractivity (Wildman–Crippen MR) is 85.9 cm³/mol. The molecule has 118 valence electrons. The van der Waals surface area contributed by atoms with Crippen LogP contribution in [0.1, 0.15) is 29.5 Å². The first-order valence-electron chi connectivity index (χ1n) is 7.82. The van der Waals surface area contributed by atoms with E-state index in [4.69, 9.17) is 4.74 Å². The van der Waals surface area contributed by atoms with Crippen LogP contribution in [-0.4, -0.2) is 27.7 Å². The zero-order valence-corrected chi connectivity index (χ0v) is 12.9. The van der Waals surface area contributed by atoms with E-state index in [0.29, 0.717) is 18.6 Å². The highest BCUT2D eigenvalue weighted by molar-refractivity contribution is 5.84. The van der Waals surface area contributed by atoms with Crippen LogP contribution in [0.3, 0.4) is 0 Å². The van der Waals surface area contributed by atoms with E-state index < -0.39 is 0 Å². The van der Waals surface area contributed by atoms with Crippen molar-refractivity contribution in [1.29, 1.82) is 0 Å². The number of rotatable bonds is 2. The Balaban J connectivity index is 1.70. The summed E-state index contributed by atoms with van der Waals surface area (Å²) >= 11 is 0. The normalized spacial score (nSPS) is 21.7. The molecule has 1 aromatic carbocycles. The monoisotopic (exact) mass is 311 g/mol. The highest BCUT2D eigenvalue weighted by Crippen LogP contribution is 2.34. The Morgan fingerprint density at radius 3 is 2.83 bits per heavy atom. The van der Waals surface area contributed by atoms with E-state index in [1.165, 1.54) is 12.4 Å². The van der Waals surface area contributed by atoms with Crippen LogP contribution in [0.4, 0.5) is 4.39 Å². The van der Waals surface area contributed by atoms with Gasteiger partial charge in [-0.25, -0.2) is 14.4 Å². The van der Waals surface area contributed by atoms with E-state index in [-0.39, 0.29) is 17.8 Å². The number of halogens is 1. The molecule has 2 aromatic heterocycles. The van der Waals surface area contributed by atoms with Crippen LogP contribution >= 0.6 is 0 Å². The first-order valence-corrected chi connectivity index (χ1v) is 7.82. The van der Waals surface area contributed by atoms with Crippen LogP contribution in [0.5, 0.6) is 0 Å². The van der Waals surface area contributed by atoms with Gasteiger partial charge in [0.1, 0.15) is 12.1 Å². The summed E-state index contributed by atoms with van der Waals surface area (Å²) in [5.41, 5.74) is 3.14. The van der Waals surface area contributed by atoms with Gasteiger partial charge in [0.15, 0.2) is 0 Å². The number of hydrogen-bond acceptors (Lipinski definition) is 3. The fraction of sp³-hybridized carbons (Fsp3) is 0.333. The van der Waals surface area contributed by atoms with Crippen molar-refractivity contribution in [3.05, 3.63) is 60.1 Å². The van der Waals surface area contributed by atoms with Crippen LogP contribution in [0, 0.1) is 12.7 Å². The van der Waals surface area contributed by atoms with Crippen LogP contribution in [0.2, 0.25) is 0 Å². The topological polar surface area (TPSA) is 39.9 Å². The van der Waals surface area contributed by atoms with Gasteiger partial charge in [-0.3, -0.25) is 0 Å². The van der Waals surface area contributed by atoms with Gasteiger partial charge in [0.25, 0.3) is 0 Å². The summed E-state index contributed by atoms with van der Waals surface area (Å²) in [6, 6.07) is 5.41. The zero-order valence-electron chi connectivity index (χ0n) is 12.9. The molecule has 0 radical (unpaired) electrons. The molecule has 3 heterocycles. The molecule has 0 amide bonds. The van der Waals surface area contributed by atoms with Crippen molar-refractivity contribution in [2.24, 2.45) is 0 Å². The average Bonchev–Trinajstić information content (AvgIpc) is 3.06. The fourth-order valence-electron chi connectivity index (χ4n) is 3.49. The first kappa shape index (κ1) is 14.3. The van der Waals surface area contributed by atoms with Crippen molar-refractivity contribution in [3.8, 4) is 0 Å². The predicted octanol–water partition coefficient (Wildman–Crippen LogP) is 3.62. The maximum Gasteiger partial charge on any atom is 0.132 e. The van der Waals surface area contributed by atoms with Crippen molar-refractivity contribution in [2.45, 2.75) is 25.3 Å². The Hall–Kier alpha value is -2.27. The minimum absolute atomic E-state index is 0.172. The lowest BCUT2D eigenvalue weighted by Crippen LogP contribution is -2.26. The number of nitrogens with zero attached hydrogens (tertiary/aromatic N) is 3. The smallest absolute Gasteiger partial charge is 0.132 e. The minimum Gasteiger partial charge on any atom is -0.379 e. The molecule has 0 bridgehead atoms. The van der Waals surface area contributed by atoms with Crippen LogP contribution in [0.15, 0.2) is 43.1 Å². The third-order valence-corrected chi connectivity index (χ3v) is 4.66. The fourth-order valence-corrected chi connectivity index (χ4v) is 3.49. The van der Waals surface area contributed by atoms with Crippen LogP contribution in [-0.2, 0) is 4.74 Å². The molecule has 1 saturated heterocycles. The van der Waals surface area contributed by atoms with Crippen molar-refractivity contribution < 1.29 is 9.13 Å². The summed E-state index contributed by atoms with van der Waals surface area (Å²) in [6.07, 6.45) is 8.15. The van der Waals surface area contributed by atoms with E-state index in [0.717, 1.165) is 23.1 Å². The second-order valence-electron chi connectivity index (χ2n) is 6.15. The molecule has 5 heteroatoms. The number of benzene rings is 1. The Bertz CT molecular complexity index is 831. The SMILES string of the molecule is Cc1ccc(F)c2ccn(C3COCC(c4cncnc4)C3)c12. The highest BCUT2D eigenvalue weighted by atomic mass is 19.1. The van der Waals surface area contributed by atoms with E-state index in [9.17, 15) is 4.39 Å². The second-order valence-corrected chi connectivity index (χ2v) is 6.15. The summed E-state index contributed by atoms with van der Waals surface area (Å²) < 4.78 is 22.0. The van der Waals surface area contributed by atoms with Crippen LogP contribution in [0.25, 0.3) is 10.9 Å². The molecule has 1 aliphatic rings. The van der Waals surface area contributed by atoms with Gasteiger partial charge < -0.3 is 9.30 Å². The van der Waals surface area contributed by atoms with Gasteiger partial charge in [0.2, 0.25) is 0 Å². The highest BCUT2D eigenvalue weighted by Gasteiger charge is 2.26. The Morgan fingerprint density at radius 2 is 2.00 bits per heavy atom. The van der Waals surface area contributed by atoms with Gasteiger partial charge in [0, 0.05) is 29.9 Å². The molecule has 0 aliphatic carbocycles. The lowest BCUT2D eigenvalue weighted by Gasteiger charge is -2.31. The summed E-state index contributed by atoms with van der Waals surface area (Å²) in [6.45, 7) is 3.34. The average molecular weight is 311 g/mol. The second kappa shape index (κ2) is 5.74. The van der Waals surface area contributed by atoms with E-state index in [1.807, 2.05) is 37.6 Å². The molecule has 0 N–H and O–H groups in total. The molecule has 0 spiro atoms. The quantitative estimate of drug-likeness (QED) is 0.725. The van der Waals surface area contributed by atoms with Gasteiger partial charge in [-0.1, -0.05) is 6.07 Å². The number of fused-ring (bicyclic) bond motifs is 1. The number of ether oxygens (including phenoxy) is 1. The standard InChI is InChI=1S/C18H18FN3O/c1-12-2-3-17(19)16-4-5-22(18(12)16)15-6-13(9-23-10-15)14-7-20-11-21-8-14/h2-5,7-8,11,13,15H,6,9-10H2,1H3. The van der Waals surface area contributed by atoms with Gasteiger partial charge >= 0.3 is 0 Å². The zero-order chi connectivity index (χ0) is 15.8. The van der Waals surface area contributed by atoms with Gasteiger partial charge in [-0.2, -0.15) is 0 Å². The summed E-state index contributed by atoms with van der Waals surface area (Å²) in [4.78, 5) is 8.20.